The molecule has 20 heavy (non-hydrogen) atoms. The predicted octanol–water partition coefficient (Wildman–Crippen LogP) is 4.06. The highest BCUT2D eigenvalue weighted by molar-refractivity contribution is 4.87. The van der Waals surface area contributed by atoms with Crippen LogP contribution in [0.1, 0.15) is 72.1 Å². The molecule has 0 spiro atoms. The van der Waals surface area contributed by atoms with Crippen LogP contribution in [0, 0.1) is 11.8 Å². The number of nitrogens with zero attached hydrogens (tertiary/aromatic N) is 1. The van der Waals surface area contributed by atoms with E-state index in [1.54, 1.807) is 0 Å². The Morgan fingerprint density at radius 2 is 1.75 bits per heavy atom. The van der Waals surface area contributed by atoms with E-state index in [0.29, 0.717) is 0 Å². The molecule has 1 aliphatic carbocycles. The van der Waals surface area contributed by atoms with Crippen LogP contribution in [-0.4, -0.2) is 36.6 Å². The summed E-state index contributed by atoms with van der Waals surface area (Å²) in [5.41, 5.74) is 0. The molecule has 2 aliphatic rings. The highest BCUT2D eigenvalue weighted by Crippen LogP contribution is 2.28. The summed E-state index contributed by atoms with van der Waals surface area (Å²) < 4.78 is 0. The molecule has 1 saturated heterocycles. The molecule has 1 heterocycles. The summed E-state index contributed by atoms with van der Waals surface area (Å²) in [4.78, 5) is 2.80. The fourth-order valence-corrected chi connectivity index (χ4v) is 4.14. The Bertz CT molecular complexity index is 256. The zero-order valence-corrected chi connectivity index (χ0v) is 14.0. The normalized spacial score (nSPS) is 30.6. The summed E-state index contributed by atoms with van der Waals surface area (Å²) in [7, 11) is 0. The van der Waals surface area contributed by atoms with Gasteiger partial charge in [0.05, 0.1) is 0 Å². The number of nitrogens with one attached hydrogen (secondary N) is 1. The van der Waals surface area contributed by atoms with Crippen molar-refractivity contribution >= 4 is 0 Å². The second-order valence-corrected chi connectivity index (χ2v) is 7.23. The van der Waals surface area contributed by atoms with Crippen molar-refractivity contribution in [3.05, 3.63) is 0 Å². The molecule has 2 fully saturated rings. The number of rotatable bonds is 5. The van der Waals surface area contributed by atoms with E-state index in [2.05, 4.69) is 31.0 Å². The molecule has 2 atom stereocenters. The van der Waals surface area contributed by atoms with Crippen LogP contribution in [0.4, 0.5) is 0 Å². The van der Waals surface area contributed by atoms with E-state index in [0.717, 1.165) is 23.9 Å². The summed E-state index contributed by atoms with van der Waals surface area (Å²) in [5, 5.41) is 3.88. The quantitative estimate of drug-likeness (QED) is 0.817. The van der Waals surface area contributed by atoms with E-state index in [-0.39, 0.29) is 0 Å². The molecule has 2 rings (SSSR count). The summed E-state index contributed by atoms with van der Waals surface area (Å²) in [5.74, 6) is 1.83. The minimum atomic E-state index is 0.759. The van der Waals surface area contributed by atoms with Gasteiger partial charge in [-0.25, -0.2) is 0 Å². The van der Waals surface area contributed by atoms with Gasteiger partial charge in [0.25, 0.3) is 0 Å². The maximum Gasteiger partial charge on any atom is 0.0223 e. The lowest BCUT2D eigenvalue weighted by molar-refractivity contribution is 0.146. The Morgan fingerprint density at radius 3 is 2.40 bits per heavy atom. The van der Waals surface area contributed by atoms with E-state index >= 15 is 0 Å². The molecule has 0 bridgehead atoms. The fraction of sp³-hybridized carbons (Fsp3) is 1.00. The molecular formula is C18H36N2. The third kappa shape index (κ3) is 4.46. The average Bonchev–Trinajstić information content (AvgIpc) is 2.68. The minimum Gasteiger partial charge on any atom is -0.312 e. The number of hydrogen-bond donors (Lipinski definition) is 1. The molecule has 1 saturated carbocycles. The predicted molar refractivity (Wildman–Crippen MR) is 88.1 cm³/mol. The van der Waals surface area contributed by atoms with Gasteiger partial charge in [-0.1, -0.05) is 46.0 Å². The molecule has 0 aromatic rings. The topological polar surface area (TPSA) is 15.3 Å². The Balaban J connectivity index is 1.94. The largest absolute Gasteiger partial charge is 0.312 e. The van der Waals surface area contributed by atoms with Crippen LogP contribution >= 0.6 is 0 Å². The van der Waals surface area contributed by atoms with Crippen LogP contribution in [0.5, 0.6) is 0 Å². The van der Waals surface area contributed by atoms with Crippen LogP contribution in [0.2, 0.25) is 0 Å². The lowest BCUT2D eigenvalue weighted by Gasteiger charge is -2.36. The highest BCUT2D eigenvalue weighted by Gasteiger charge is 2.29. The SMILES string of the molecule is CCC(CC)CN1CC(C2CCCCC2)NCCC1C. The van der Waals surface area contributed by atoms with Gasteiger partial charge in [-0.3, -0.25) is 4.90 Å². The van der Waals surface area contributed by atoms with Crippen LogP contribution in [0.15, 0.2) is 0 Å². The van der Waals surface area contributed by atoms with Crippen molar-refractivity contribution in [1.29, 1.82) is 0 Å². The molecule has 2 nitrogen and oxygen atoms in total. The molecule has 118 valence electrons. The van der Waals surface area contributed by atoms with Crippen molar-refractivity contribution in [3.63, 3.8) is 0 Å². The van der Waals surface area contributed by atoms with E-state index in [4.69, 9.17) is 0 Å². The van der Waals surface area contributed by atoms with Gasteiger partial charge in [0.15, 0.2) is 0 Å². The van der Waals surface area contributed by atoms with Gasteiger partial charge in [0, 0.05) is 25.2 Å². The number of hydrogen-bond acceptors (Lipinski definition) is 2. The second kappa shape index (κ2) is 8.38. The van der Waals surface area contributed by atoms with Gasteiger partial charge >= 0.3 is 0 Å². The van der Waals surface area contributed by atoms with Crippen molar-refractivity contribution < 1.29 is 0 Å². The first-order valence-corrected chi connectivity index (χ1v) is 9.22. The Morgan fingerprint density at radius 1 is 1.05 bits per heavy atom. The summed E-state index contributed by atoms with van der Waals surface area (Å²) >= 11 is 0. The summed E-state index contributed by atoms with van der Waals surface area (Å²) in [6.07, 6.45) is 11.3. The molecule has 0 aromatic heterocycles. The van der Waals surface area contributed by atoms with Crippen LogP contribution < -0.4 is 5.32 Å². The second-order valence-electron chi connectivity index (χ2n) is 7.23. The van der Waals surface area contributed by atoms with E-state index < -0.39 is 0 Å². The third-order valence-electron chi connectivity index (χ3n) is 5.89. The zero-order chi connectivity index (χ0) is 14.4. The van der Waals surface area contributed by atoms with Crippen molar-refractivity contribution in [3.8, 4) is 0 Å². The van der Waals surface area contributed by atoms with Crippen molar-refractivity contribution in [2.75, 3.05) is 19.6 Å². The molecule has 1 aliphatic heterocycles. The van der Waals surface area contributed by atoms with Gasteiger partial charge in [-0.05, 0) is 44.6 Å². The molecule has 0 amide bonds. The molecular weight excluding hydrogens is 244 g/mol. The lowest BCUT2D eigenvalue weighted by Crippen LogP contribution is -2.46. The van der Waals surface area contributed by atoms with Crippen molar-refractivity contribution in [2.45, 2.75) is 84.2 Å². The van der Waals surface area contributed by atoms with Gasteiger partial charge in [0.1, 0.15) is 0 Å². The van der Waals surface area contributed by atoms with Crippen LogP contribution in [0.3, 0.4) is 0 Å². The van der Waals surface area contributed by atoms with Gasteiger partial charge in [-0.15, -0.1) is 0 Å². The summed E-state index contributed by atoms with van der Waals surface area (Å²) in [6.45, 7) is 11.0. The Hall–Kier alpha value is -0.0800. The maximum absolute atomic E-state index is 3.88. The van der Waals surface area contributed by atoms with E-state index in [1.807, 2.05) is 0 Å². The van der Waals surface area contributed by atoms with Gasteiger partial charge < -0.3 is 5.32 Å². The fourth-order valence-electron chi connectivity index (χ4n) is 4.14. The molecule has 0 radical (unpaired) electrons. The van der Waals surface area contributed by atoms with Crippen LogP contribution in [-0.2, 0) is 0 Å². The van der Waals surface area contributed by atoms with E-state index in [9.17, 15) is 0 Å². The Labute approximate surface area is 126 Å². The molecule has 1 N–H and O–H groups in total. The van der Waals surface area contributed by atoms with Gasteiger partial charge in [-0.2, -0.15) is 0 Å². The first kappa shape index (κ1) is 16.3. The Kier molecular flexibility index (Phi) is 6.83. The standard InChI is InChI=1S/C18H36N2/c1-4-16(5-2)13-20-14-18(19-12-11-15(20)3)17-9-7-6-8-10-17/h15-19H,4-14H2,1-3H3. The first-order valence-electron chi connectivity index (χ1n) is 9.22. The molecule has 0 aromatic carbocycles. The minimum absolute atomic E-state index is 0.759. The smallest absolute Gasteiger partial charge is 0.0223 e. The molecule has 2 unspecified atom stereocenters. The van der Waals surface area contributed by atoms with Crippen molar-refractivity contribution in [2.24, 2.45) is 11.8 Å². The van der Waals surface area contributed by atoms with E-state index in [1.165, 1.54) is 71.0 Å². The zero-order valence-electron chi connectivity index (χ0n) is 14.0. The third-order valence-corrected chi connectivity index (χ3v) is 5.89. The lowest BCUT2D eigenvalue weighted by atomic mass is 9.83. The monoisotopic (exact) mass is 280 g/mol. The average molecular weight is 280 g/mol. The highest BCUT2D eigenvalue weighted by atomic mass is 15.2. The maximum atomic E-state index is 3.88. The van der Waals surface area contributed by atoms with Gasteiger partial charge in [0.2, 0.25) is 0 Å². The first-order chi connectivity index (χ1) is 9.74. The van der Waals surface area contributed by atoms with Crippen LogP contribution in [0.25, 0.3) is 0 Å². The summed E-state index contributed by atoms with van der Waals surface area (Å²) in [6, 6.07) is 1.52. The van der Waals surface area contributed by atoms with Crippen molar-refractivity contribution in [1.82, 2.24) is 10.2 Å². The molecule has 2 heteroatoms.